The van der Waals surface area contributed by atoms with Crippen LogP contribution in [0.2, 0.25) is 5.02 Å². The lowest BCUT2D eigenvalue weighted by atomic mass is 9.77. The van der Waals surface area contributed by atoms with Crippen LogP contribution in [0.1, 0.15) is 59.1 Å². The highest BCUT2D eigenvalue weighted by Crippen LogP contribution is 2.46. The van der Waals surface area contributed by atoms with Gasteiger partial charge in [0.15, 0.2) is 0 Å². The summed E-state index contributed by atoms with van der Waals surface area (Å²) in [6.07, 6.45) is 3.62. The van der Waals surface area contributed by atoms with Crippen molar-refractivity contribution in [3.63, 3.8) is 0 Å². The zero-order valence-electron chi connectivity index (χ0n) is 17.9. The molecule has 2 aliphatic rings. The van der Waals surface area contributed by atoms with Gasteiger partial charge in [0.05, 0.1) is 12.3 Å². The lowest BCUT2D eigenvalue weighted by Gasteiger charge is -2.48. The highest BCUT2D eigenvalue weighted by molar-refractivity contribution is 7.88. The number of hydrogen-bond acceptors (Lipinski definition) is 4. The number of benzene rings is 2. The second-order valence-electron chi connectivity index (χ2n) is 8.60. The fraction of sp³-hybridized carbons (Fsp3) is 0.391. The maximum Gasteiger partial charge on any atom is 0.313 e. The number of nitrogens with one attached hydrogen (secondary N) is 1. The zero-order chi connectivity index (χ0) is 23.9. The van der Waals surface area contributed by atoms with Crippen molar-refractivity contribution < 1.29 is 27.5 Å². The number of rotatable bonds is 5. The Morgan fingerprint density at radius 3 is 2.45 bits per heavy atom. The predicted octanol–water partition coefficient (Wildman–Crippen LogP) is 3.70. The van der Waals surface area contributed by atoms with Crippen LogP contribution in [0, 0.1) is 5.82 Å². The first kappa shape index (κ1) is 23.7. The molecule has 176 valence electrons. The third-order valence-electron chi connectivity index (χ3n) is 6.36. The van der Waals surface area contributed by atoms with Crippen LogP contribution in [-0.2, 0) is 14.8 Å². The smallest absolute Gasteiger partial charge is 0.313 e. The maximum atomic E-state index is 14.1. The van der Waals surface area contributed by atoms with Gasteiger partial charge >= 0.3 is 5.97 Å². The number of aliphatic carboxylic acids is 1. The molecule has 0 spiro atoms. The van der Waals surface area contributed by atoms with E-state index in [4.69, 9.17) is 11.6 Å². The van der Waals surface area contributed by atoms with Gasteiger partial charge in [-0.15, -0.1) is 0 Å². The molecule has 0 saturated heterocycles. The minimum atomic E-state index is -3.57. The number of carbonyl (C=O) groups is 2. The number of fused-ring (bicyclic) bond motifs is 1. The fourth-order valence-electron chi connectivity index (χ4n) is 5.08. The van der Waals surface area contributed by atoms with Crippen molar-refractivity contribution in [1.29, 1.82) is 0 Å². The summed E-state index contributed by atoms with van der Waals surface area (Å²) in [5.74, 6) is -3.53. The highest BCUT2D eigenvalue weighted by Gasteiger charge is 2.49. The molecule has 1 heterocycles. The summed E-state index contributed by atoms with van der Waals surface area (Å²) in [6, 6.07) is 7.93. The Balaban J connectivity index is 1.91. The third-order valence-corrected chi connectivity index (χ3v) is 7.34. The van der Waals surface area contributed by atoms with E-state index < -0.39 is 51.8 Å². The van der Waals surface area contributed by atoms with Crippen molar-refractivity contribution in [2.75, 3.05) is 6.26 Å². The quantitative estimate of drug-likeness (QED) is 0.659. The SMILES string of the molecule is CS(=O)(=O)N[C@H]1CCCC[C@@H]1N1C(=O)c2ccc(F)cc2[C@@H](C(=O)O)[C@@H]1c1ccc(Cl)cc1. The summed E-state index contributed by atoms with van der Waals surface area (Å²) in [5.41, 5.74) is 0.739. The molecule has 0 bridgehead atoms. The van der Waals surface area contributed by atoms with E-state index in [9.17, 15) is 27.5 Å². The number of carboxylic acids is 1. The summed E-state index contributed by atoms with van der Waals surface area (Å²) < 4.78 is 40.8. The number of sulfonamides is 1. The van der Waals surface area contributed by atoms with E-state index in [-0.39, 0.29) is 11.1 Å². The normalized spacial score (nSPS) is 25.5. The van der Waals surface area contributed by atoms with Gasteiger partial charge in [-0.1, -0.05) is 36.6 Å². The monoisotopic (exact) mass is 494 g/mol. The Morgan fingerprint density at radius 1 is 1.15 bits per heavy atom. The maximum absolute atomic E-state index is 14.1. The van der Waals surface area contributed by atoms with E-state index in [0.717, 1.165) is 31.2 Å². The average molecular weight is 495 g/mol. The molecule has 0 unspecified atom stereocenters. The Labute approximate surface area is 196 Å². The molecule has 33 heavy (non-hydrogen) atoms. The Hall–Kier alpha value is -2.49. The average Bonchev–Trinajstić information content (AvgIpc) is 2.73. The number of carboxylic acid groups (broad SMARTS) is 1. The third kappa shape index (κ3) is 4.76. The van der Waals surface area contributed by atoms with Crippen molar-refractivity contribution in [3.8, 4) is 0 Å². The number of halogens is 2. The van der Waals surface area contributed by atoms with Gasteiger partial charge in [0.2, 0.25) is 10.0 Å². The van der Waals surface area contributed by atoms with Crippen molar-refractivity contribution in [2.45, 2.75) is 49.7 Å². The van der Waals surface area contributed by atoms with Gasteiger partial charge in [-0.3, -0.25) is 9.59 Å². The highest BCUT2D eigenvalue weighted by atomic mass is 35.5. The molecule has 4 atom stereocenters. The second kappa shape index (κ2) is 9.04. The van der Waals surface area contributed by atoms with Crippen LogP contribution in [0.5, 0.6) is 0 Å². The van der Waals surface area contributed by atoms with Gasteiger partial charge < -0.3 is 10.0 Å². The molecule has 2 aromatic rings. The van der Waals surface area contributed by atoms with Gasteiger partial charge in [0, 0.05) is 22.7 Å². The molecular formula is C23H24ClFN2O5S. The summed E-state index contributed by atoms with van der Waals surface area (Å²) in [4.78, 5) is 27.8. The second-order valence-corrected chi connectivity index (χ2v) is 10.8. The molecule has 4 rings (SSSR count). The van der Waals surface area contributed by atoms with Gasteiger partial charge in [0.1, 0.15) is 11.7 Å². The van der Waals surface area contributed by atoms with Crippen molar-refractivity contribution in [2.24, 2.45) is 0 Å². The van der Waals surface area contributed by atoms with Crippen LogP contribution in [0.4, 0.5) is 4.39 Å². The van der Waals surface area contributed by atoms with E-state index in [1.54, 1.807) is 24.3 Å². The molecule has 10 heteroatoms. The van der Waals surface area contributed by atoms with Crippen LogP contribution in [0.25, 0.3) is 0 Å². The lowest BCUT2D eigenvalue weighted by molar-refractivity contribution is -0.141. The molecule has 1 aliphatic heterocycles. The van der Waals surface area contributed by atoms with Crippen molar-refractivity contribution in [3.05, 3.63) is 70.0 Å². The van der Waals surface area contributed by atoms with Gasteiger partial charge in [-0.05, 0) is 54.3 Å². The first-order valence-corrected chi connectivity index (χ1v) is 12.9. The summed E-state index contributed by atoms with van der Waals surface area (Å²) in [7, 11) is -3.57. The lowest BCUT2D eigenvalue weighted by Crippen LogP contribution is -2.58. The Bertz CT molecular complexity index is 1190. The molecule has 1 amide bonds. The van der Waals surface area contributed by atoms with Crippen LogP contribution in [-0.4, -0.2) is 48.6 Å². The standard InChI is InChI=1S/C23H24ClFN2O5S/c1-33(31,32)26-18-4-2-3-5-19(18)27-21(13-6-8-14(24)9-7-13)20(23(29)30)17-12-15(25)10-11-16(17)22(27)28/h6-12,18-21,26H,2-5H2,1H3,(H,29,30)/t18-,19-,20+,21-/m0/s1. The molecule has 2 aromatic carbocycles. The van der Waals surface area contributed by atoms with Gasteiger partial charge in [-0.2, -0.15) is 0 Å². The minimum Gasteiger partial charge on any atom is -0.481 e. The number of carbonyl (C=O) groups excluding carboxylic acids is 1. The largest absolute Gasteiger partial charge is 0.481 e. The van der Waals surface area contributed by atoms with Crippen molar-refractivity contribution in [1.82, 2.24) is 9.62 Å². The Kier molecular flexibility index (Phi) is 6.48. The number of hydrogen-bond donors (Lipinski definition) is 2. The summed E-state index contributed by atoms with van der Waals surface area (Å²) in [5, 5.41) is 10.7. The van der Waals surface area contributed by atoms with Crippen LogP contribution in [0.3, 0.4) is 0 Å². The molecule has 1 saturated carbocycles. The van der Waals surface area contributed by atoms with E-state index in [1.807, 2.05) is 0 Å². The fourth-order valence-corrected chi connectivity index (χ4v) is 6.03. The molecular weight excluding hydrogens is 471 g/mol. The predicted molar refractivity (Wildman–Crippen MR) is 121 cm³/mol. The first-order chi connectivity index (χ1) is 15.6. The van der Waals surface area contributed by atoms with E-state index >= 15 is 0 Å². The molecule has 0 radical (unpaired) electrons. The van der Waals surface area contributed by atoms with Crippen LogP contribution >= 0.6 is 11.6 Å². The number of nitrogens with zero attached hydrogens (tertiary/aromatic N) is 1. The van der Waals surface area contributed by atoms with Crippen LogP contribution < -0.4 is 4.72 Å². The zero-order valence-corrected chi connectivity index (χ0v) is 19.4. The first-order valence-electron chi connectivity index (χ1n) is 10.6. The van der Waals surface area contributed by atoms with E-state index in [1.165, 1.54) is 11.0 Å². The van der Waals surface area contributed by atoms with E-state index in [2.05, 4.69) is 4.72 Å². The summed E-state index contributed by atoms with van der Waals surface area (Å²) >= 11 is 6.04. The Morgan fingerprint density at radius 2 is 1.82 bits per heavy atom. The molecule has 1 fully saturated rings. The van der Waals surface area contributed by atoms with Crippen LogP contribution in [0.15, 0.2) is 42.5 Å². The number of amides is 1. The van der Waals surface area contributed by atoms with Crippen molar-refractivity contribution >= 4 is 33.5 Å². The summed E-state index contributed by atoms with van der Waals surface area (Å²) in [6.45, 7) is 0. The molecule has 0 aromatic heterocycles. The van der Waals surface area contributed by atoms with Gasteiger partial charge in [-0.25, -0.2) is 17.5 Å². The molecule has 2 N–H and O–H groups in total. The van der Waals surface area contributed by atoms with Gasteiger partial charge in [0.25, 0.3) is 5.91 Å². The minimum absolute atomic E-state index is 0.104. The molecule has 7 nitrogen and oxygen atoms in total. The van der Waals surface area contributed by atoms with E-state index in [0.29, 0.717) is 23.4 Å². The topological polar surface area (TPSA) is 104 Å². The molecule has 1 aliphatic carbocycles.